The lowest BCUT2D eigenvalue weighted by molar-refractivity contribution is 0.472. The standard InChI is InChI=1S/C34H38.C9H14.2C9H12.C2H6/c1-22-11-16-29-28-10-8-9-27-15-14-26(19-25-13-12-23(2)24(3)18-25)20-30(27)33(4,5)21-32(28)34(6,7)31(29)17-22;3*1-7-4-5-8(2)9(3)6-7;1-2/h8,10-18,20H,9,19,21H2,1-7H3;4-5,7H,6H2,1-3H3;2*4-6H,1-3H3;1-2H3/b10-8-;;;;. The average molecular weight is 839 g/mol. The second kappa shape index (κ2) is 22.1. The highest BCUT2D eigenvalue weighted by molar-refractivity contribution is 5.86. The summed E-state index contributed by atoms with van der Waals surface area (Å²) < 4.78 is 0. The Labute approximate surface area is 386 Å². The Morgan fingerprint density at radius 1 is 0.524 bits per heavy atom. The van der Waals surface area contributed by atoms with E-state index in [1.165, 1.54) is 101 Å². The fraction of sp³-hybridized carbons (Fsp3) is 0.397. The molecule has 334 valence electrons. The van der Waals surface area contributed by atoms with Gasteiger partial charge in [-0.15, -0.1) is 0 Å². The van der Waals surface area contributed by atoms with Crippen molar-refractivity contribution in [2.24, 2.45) is 5.92 Å². The molecular weight excluding hydrogens is 757 g/mol. The molecule has 63 heavy (non-hydrogen) atoms. The van der Waals surface area contributed by atoms with Gasteiger partial charge in [-0.05, 0) is 186 Å². The summed E-state index contributed by atoms with van der Waals surface area (Å²) in [5, 5.41) is 0. The molecule has 0 amide bonds. The summed E-state index contributed by atoms with van der Waals surface area (Å²) in [4.78, 5) is 0. The lowest BCUT2D eigenvalue weighted by Crippen LogP contribution is -2.26. The van der Waals surface area contributed by atoms with Crippen LogP contribution in [0.5, 0.6) is 0 Å². The number of aryl methyl sites for hydroxylation is 9. The smallest absolute Gasteiger partial charge is 0.0121 e. The maximum atomic E-state index is 2.50. The van der Waals surface area contributed by atoms with E-state index in [0.29, 0.717) is 0 Å². The first-order valence-corrected chi connectivity index (χ1v) is 23.8. The topological polar surface area (TPSA) is 0 Å². The van der Waals surface area contributed by atoms with E-state index in [2.05, 4.69) is 226 Å². The molecular formula is C63H82. The van der Waals surface area contributed by atoms with Crippen LogP contribution in [0.3, 0.4) is 0 Å². The summed E-state index contributed by atoms with van der Waals surface area (Å²) in [5.74, 6) is 0.758. The monoisotopic (exact) mass is 839 g/mol. The van der Waals surface area contributed by atoms with Gasteiger partial charge in [0.1, 0.15) is 0 Å². The van der Waals surface area contributed by atoms with Crippen LogP contribution in [0.25, 0.3) is 5.57 Å². The summed E-state index contributed by atoms with van der Waals surface area (Å²) in [6, 6.07) is 34.2. The van der Waals surface area contributed by atoms with E-state index >= 15 is 0 Å². The van der Waals surface area contributed by atoms with Crippen molar-refractivity contribution in [3.8, 4) is 0 Å². The molecule has 5 aromatic rings. The SMILES string of the molecule is CC.CC1=C(C)CC(C)C=C1.Cc1ccc(C)c(C)c1.Cc1ccc(C)c(C)c1.Cc1ccc2c(c1)C(C)(C)C1=C2/C=C\Cc2ccc(Cc3ccc(C)c(C)c3)cc2C(C)(C)C1. The molecule has 0 saturated carbocycles. The van der Waals surface area contributed by atoms with Crippen molar-refractivity contribution >= 4 is 5.57 Å². The maximum absolute atomic E-state index is 2.50. The third-order valence-electron chi connectivity index (χ3n) is 13.6. The third-order valence-corrected chi connectivity index (χ3v) is 13.6. The molecule has 8 rings (SSSR count). The summed E-state index contributed by atoms with van der Waals surface area (Å²) in [6.45, 7) is 39.8. The molecule has 0 saturated heterocycles. The van der Waals surface area contributed by atoms with Crippen molar-refractivity contribution in [1.29, 1.82) is 0 Å². The summed E-state index contributed by atoms with van der Waals surface area (Å²) in [5.41, 5.74) is 27.2. The first kappa shape index (κ1) is 50.7. The van der Waals surface area contributed by atoms with E-state index in [1.807, 2.05) is 13.8 Å². The van der Waals surface area contributed by atoms with Gasteiger partial charge in [-0.1, -0.05) is 197 Å². The Morgan fingerprint density at radius 3 is 1.56 bits per heavy atom. The van der Waals surface area contributed by atoms with Crippen LogP contribution in [0.4, 0.5) is 0 Å². The van der Waals surface area contributed by atoms with Gasteiger partial charge in [0.05, 0.1) is 0 Å². The summed E-state index contributed by atoms with van der Waals surface area (Å²) in [6.07, 6.45) is 13.6. The number of allylic oxidation sites excluding steroid dienone is 8. The Balaban J connectivity index is 0.000000241. The largest absolute Gasteiger partial charge is 0.0811 e. The van der Waals surface area contributed by atoms with Crippen molar-refractivity contribution in [1.82, 2.24) is 0 Å². The zero-order valence-electron chi connectivity index (χ0n) is 42.9. The highest BCUT2D eigenvalue weighted by Gasteiger charge is 2.40. The maximum Gasteiger partial charge on any atom is 0.0121 e. The van der Waals surface area contributed by atoms with E-state index < -0.39 is 0 Å². The Hall–Kier alpha value is -4.94. The minimum atomic E-state index is 0.0554. The molecule has 0 aromatic heterocycles. The molecule has 0 spiro atoms. The van der Waals surface area contributed by atoms with Gasteiger partial charge < -0.3 is 0 Å². The van der Waals surface area contributed by atoms with Gasteiger partial charge in [0.2, 0.25) is 0 Å². The van der Waals surface area contributed by atoms with E-state index in [0.717, 1.165) is 25.2 Å². The lowest BCUT2D eigenvalue weighted by Gasteiger charge is -2.34. The van der Waals surface area contributed by atoms with Crippen LogP contribution in [-0.2, 0) is 23.7 Å². The van der Waals surface area contributed by atoms with E-state index in [-0.39, 0.29) is 10.8 Å². The van der Waals surface area contributed by atoms with Gasteiger partial charge in [0.15, 0.2) is 0 Å². The molecule has 1 unspecified atom stereocenters. The van der Waals surface area contributed by atoms with Crippen LogP contribution in [-0.4, -0.2) is 0 Å². The van der Waals surface area contributed by atoms with Crippen molar-refractivity contribution in [3.05, 3.63) is 215 Å². The van der Waals surface area contributed by atoms with Crippen LogP contribution < -0.4 is 0 Å². The van der Waals surface area contributed by atoms with Crippen molar-refractivity contribution in [2.75, 3.05) is 0 Å². The number of benzene rings is 5. The zero-order valence-corrected chi connectivity index (χ0v) is 42.9. The van der Waals surface area contributed by atoms with Crippen LogP contribution in [0.15, 0.2) is 132 Å². The van der Waals surface area contributed by atoms with Crippen LogP contribution in [0.1, 0.15) is 159 Å². The number of rotatable bonds is 2. The van der Waals surface area contributed by atoms with Crippen LogP contribution in [0.2, 0.25) is 0 Å². The Bertz CT molecular complexity index is 2430. The number of fused-ring (bicyclic) bond motifs is 3. The molecule has 0 radical (unpaired) electrons. The quantitative estimate of drug-likeness (QED) is 0.166. The lowest BCUT2D eigenvalue weighted by atomic mass is 9.70. The molecule has 0 bridgehead atoms. The van der Waals surface area contributed by atoms with E-state index in [1.54, 1.807) is 11.1 Å². The van der Waals surface area contributed by atoms with Gasteiger partial charge in [-0.3, -0.25) is 0 Å². The van der Waals surface area contributed by atoms with Crippen molar-refractivity contribution in [3.63, 3.8) is 0 Å². The summed E-state index contributed by atoms with van der Waals surface area (Å²) >= 11 is 0. The fourth-order valence-electron chi connectivity index (χ4n) is 9.06. The normalized spacial score (nSPS) is 17.0. The summed E-state index contributed by atoms with van der Waals surface area (Å²) in [7, 11) is 0. The number of hydrogen-bond donors (Lipinski definition) is 0. The zero-order chi connectivity index (χ0) is 46.8. The predicted octanol–water partition coefficient (Wildman–Crippen LogP) is 17.9. The first-order chi connectivity index (χ1) is 29.7. The Morgan fingerprint density at radius 2 is 1.03 bits per heavy atom. The second-order valence-electron chi connectivity index (χ2n) is 20.0. The average Bonchev–Trinajstić information content (AvgIpc) is 3.45. The Kier molecular flexibility index (Phi) is 17.8. The van der Waals surface area contributed by atoms with Gasteiger partial charge in [-0.2, -0.15) is 0 Å². The fourth-order valence-corrected chi connectivity index (χ4v) is 9.06. The van der Waals surface area contributed by atoms with E-state index in [4.69, 9.17) is 0 Å². The van der Waals surface area contributed by atoms with Crippen molar-refractivity contribution in [2.45, 2.75) is 161 Å². The molecule has 0 nitrogen and oxygen atoms in total. The molecule has 3 aliphatic carbocycles. The minimum Gasteiger partial charge on any atom is -0.0811 e. The predicted molar refractivity (Wildman–Crippen MR) is 281 cm³/mol. The van der Waals surface area contributed by atoms with Gasteiger partial charge >= 0.3 is 0 Å². The second-order valence-corrected chi connectivity index (χ2v) is 20.0. The van der Waals surface area contributed by atoms with Crippen molar-refractivity contribution < 1.29 is 0 Å². The van der Waals surface area contributed by atoms with Crippen LogP contribution >= 0.6 is 0 Å². The molecule has 0 heterocycles. The number of hydrogen-bond acceptors (Lipinski definition) is 0. The molecule has 3 aliphatic rings. The molecule has 1 atom stereocenters. The highest BCUT2D eigenvalue weighted by Crippen LogP contribution is 2.52. The molecule has 5 aromatic carbocycles. The van der Waals surface area contributed by atoms with E-state index in [9.17, 15) is 0 Å². The van der Waals surface area contributed by atoms with Gasteiger partial charge in [0.25, 0.3) is 0 Å². The third kappa shape index (κ3) is 13.3. The molecule has 0 heteroatoms. The minimum absolute atomic E-state index is 0.0554. The van der Waals surface area contributed by atoms with Gasteiger partial charge in [0, 0.05) is 5.41 Å². The molecule has 0 N–H and O–H groups in total. The van der Waals surface area contributed by atoms with Gasteiger partial charge in [-0.25, -0.2) is 0 Å². The van der Waals surface area contributed by atoms with Crippen LogP contribution in [0, 0.1) is 68.2 Å². The molecule has 0 fully saturated rings. The first-order valence-electron chi connectivity index (χ1n) is 23.8. The molecule has 0 aliphatic heterocycles. The highest BCUT2D eigenvalue weighted by atomic mass is 14.4.